The van der Waals surface area contributed by atoms with E-state index in [1.807, 2.05) is 6.92 Å². The van der Waals surface area contributed by atoms with Crippen molar-refractivity contribution in [2.45, 2.75) is 43.6 Å². The van der Waals surface area contributed by atoms with E-state index in [0.29, 0.717) is 0 Å². The highest BCUT2D eigenvalue weighted by Gasteiger charge is 2.24. The summed E-state index contributed by atoms with van der Waals surface area (Å²) >= 11 is 0. The summed E-state index contributed by atoms with van der Waals surface area (Å²) in [6.45, 7) is 1.92. The number of rotatable bonds is 3. The lowest BCUT2D eigenvalue weighted by Gasteiger charge is -2.11. The minimum absolute atomic E-state index is 0.119. The van der Waals surface area contributed by atoms with Crippen molar-refractivity contribution in [3.63, 3.8) is 0 Å². The Labute approximate surface area is 96.6 Å². The molecule has 0 N–H and O–H groups in total. The first-order valence-electron chi connectivity index (χ1n) is 5.58. The lowest BCUT2D eigenvalue weighted by atomic mass is 10.2. The van der Waals surface area contributed by atoms with Crippen LogP contribution < -0.4 is 0 Å². The number of hydrogen-bond donors (Lipinski definition) is 0. The molecule has 0 heterocycles. The molecule has 0 amide bonds. The zero-order chi connectivity index (χ0) is 11.6. The Hall–Kier alpha value is -0.870. The van der Waals surface area contributed by atoms with Crippen LogP contribution in [-0.2, 0) is 14.3 Å². The Morgan fingerprint density at radius 1 is 1.12 bits per heavy atom. The van der Waals surface area contributed by atoms with E-state index in [9.17, 15) is 8.42 Å². The zero-order valence-corrected chi connectivity index (χ0v) is 10.2. The molecule has 0 unspecified atom stereocenters. The molecule has 0 saturated heterocycles. The van der Waals surface area contributed by atoms with Crippen molar-refractivity contribution in [3.8, 4) is 0 Å². The number of hydrogen-bond acceptors (Lipinski definition) is 3. The van der Waals surface area contributed by atoms with E-state index in [0.717, 1.165) is 31.2 Å². The van der Waals surface area contributed by atoms with Gasteiger partial charge in [0, 0.05) is 0 Å². The summed E-state index contributed by atoms with van der Waals surface area (Å²) in [7, 11) is -3.56. The Balaban J connectivity index is 2.14. The second kappa shape index (κ2) is 4.55. The van der Waals surface area contributed by atoms with Crippen molar-refractivity contribution in [1.82, 2.24) is 0 Å². The molecule has 1 aromatic carbocycles. The Bertz CT molecular complexity index is 442. The minimum Gasteiger partial charge on any atom is -0.263 e. The van der Waals surface area contributed by atoms with Gasteiger partial charge in [-0.05, 0) is 31.9 Å². The third-order valence-corrected chi connectivity index (χ3v) is 4.25. The van der Waals surface area contributed by atoms with Gasteiger partial charge in [-0.1, -0.05) is 30.5 Å². The predicted molar refractivity (Wildman–Crippen MR) is 61.7 cm³/mol. The van der Waals surface area contributed by atoms with Gasteiger partial charge in [0.15, 0.2) is 0 Å². The van der Waals surface area contributed by atoms with Gasteiger partial charge in [0.2, 0.25) is 0 Å². The summed E-state index contributed by atoms with van der Waals surface area (Å²) in [5.41, 5.74) is 1.04. The van der Waals surface area contributed by atoms with Crippen molar-refractivity contribution in [2.75, 3.05) is 0 Å². The lowest BCUT2D eigenvalue weighted by Crippen LogP contribution is -2.15. The fraction of sp³-hybridized carbons (Fsp3) is 0.500. The molecule has 1 aliphatic carbocycles. The van der Waals surface area contributed by atoms with E-state index < -0.39 is 10.1 Å². The zero-order valence-electron chi connectivity index (χ0n) is 9.35. The summed E-state index contributed by atoms with van der Waals surface area (Å²) < 4.78 is 29.0. The topological polar surface area (TPSA) is 43.4 Å². The molecular formula is C12H16O3S. The second-order valence-corrected chi connectivity index (χ2v) is 5.84. The summed E-state index contributed by atoms with van der Waals surface area (Å²) in [5.74, 6) is 0. The minimum atomic E-state index is -3.56. The van der Waals surface area contributed by atoms with Crippen LogP contribution in [0.1, 0.15) is 31.2 Å². The Morgan fingerprint density at radius 2 is 1.69 bits per heavy atom. The summed E-state index contributed by atoms with van der Waals surface area (Å²) in [4.78, 5) is 0.255. The molecule has 88 valence electrons. The average Bonchev–Trinajstić information content (AvgIpc) is 2.70. The molecular weight excluding hydrogens is 224 g/mol. The molecule has 4 heteroatoms. The maximum atomic E-state index is 11.9. The van der Waals surface area contributed by atoms with Crippen LogP contribution in [0.4, 0.5) is 0 Å². The number of aryl methyl sites for hydroxylation is 1. The standard InChI is InChI=1S/C12H16O3S/c1-10-6-8-12(9-7-10)16(13,14)15-11-4-2-3-5-11/h6-9,11H,2-5H2,1H3. The van der Waals surface area contributed by atoms with Gasteiger partial charge >= 0.3 is 0 Å². The molecule has 16 heavy (non-hydrogen) atoms. The predicted octanol–water partition coefficient (Wildman–Crippen LogP) is 2.64. The summed E-state index contributed by atoms with van der Waals surface area (Å²) in [5, 5.41) is 0. The van der Waals surface area contributed by atoms with Crippen molar-refractivity contribution in [2.24, 2.45) is 0 Å². The smallest absolute Gasteiger partial charge is 0.263 e. The van der Waals surface area contributed by atoms with Crippen LogP contribution in [0.2, 0.25) is 0 Å². The molecule has 0 aromatic heterocycles. The van der Waals surface area contributed by atoms with Gasteiger partial charge in [-0.15, -0.1) is 0 Å². The van der Waals surface area contributed by atoms with Crippen LogP contribution in [0.5, 0.6) is 0 Å². The van der Waals surface area contributed by atoms with Crippen LogP contribution in [0.25, 0.3) is 0 Å². The molecule has 0 spiro atoms. The highest BCUT2D eigenvalue weighted by Crippen LogP contribution is 2.25. The first kappa shape index (κ1) is 11.6. The molecule has 2 rings (SSSR count). The number of benzene rings is 1. The first-order chi connectivity index (χ1) is 7.58. The highest BCUT2D eigenvalue weighted by molar-refractivity contribution is 7.86. The molecule has 1 aliphatic rings. The van der Waals surface area contributed by atoms with Gasteiger partial charge < -0.3 is 0 Å². The van der Waals surface area contributed by atoms with Crippen LogP contribution in [-0.4, -0.2) is 14.5 Å². The molecule has 0 aliphatic heterocycles. The van der Waals surface area contributed by atoms with Gasteiger partial charge in [0.25, 0.3) is 10.1 Å². The van der Waals surface area contributed by atoms with E-state index in [1.54, 1.807) is 24.3 Å². The fourth-order valence-electron chi connectivity index (χ4n) is 1.92. The summed E-state index contributed by atoms with van der Waals surface area (Å²) in [6, 6.07) is 6.76. The Morgan fingerprint density at radius 3 is 2.25 bits per heavy atom. The van der Waals surface area contributed by atoms with Crippen LogP contribution in [0, 0.1) is 6.92 Å². The third-order valence-electron chi connectivity index (χ3n) is 2.87. The first-order valence-corrected chi connectivity index (χ1v) is 6.99. The quantitative estimate of drug-likeness (QED) is 0.763. The van der Waals surface area contributed by atoms with E-state index in [-0.39, 0.29) is 11.0 Å². The van der Waals surface area contributed by atoms with Crippen LogP contribution >= 0.6 is 0 Å². The van der Waals surface area contributed by atoms with Gasteiger partial charge in [-0.25, -0.2) is 0 Å². The monoisotopic (exact) mass is 240 g/mol. The molecule has 0 bridgehead atoms. The fourth-order valence-corrected chi connectivity index (χ4v) is 3.06. The highest BCUT2D eigenvalue weighted by atomic mass is 32.2. The van der Waals surface area contributed by atoms with E-state index in [4.69, 9.17) is 4.18 Å². The van der Waals surface area contributed by atoms with Crippen molar-refractivity contribution >= 4 is 10.1 Å². The van der Waals surface area contributed by atoms with Crippen LogP contribution in [0.3, 0.4) is 0 Å². The van der Waals surface area contributed by atoms with E-state index >= 15 is 0 Å². The third kappa shape index (κ3) is 2.62. The second-order valence-electron chi connectivity index (χ2n) is 4.27. The molecule has 3 nitrogen and oxygen atoms in total. The normalized spacial score (nSPS) is 17.8. The molecule has 1 aromatic rings. The van der Waals surface area contributed by atoms with E-state index in [2.05, 4.69) is 0 Å². The van der Waals surface area contributed by atoms with Crippen molar-refractivity contribution < 1.29 is 12.6 Å². The Kier molecular flexibility index (Phi) is 3.30. The van der Waals surface area contributed by atoms with Gasteiger partial charge in [0.1, 0.15) is 0 Å². The molecule has 0 atom stereocenters. The van der Waals surface area contributed by atoms with E-state index in [1.165, 1.54) is 0 Å². The van der Waals surface area contributed by atoms with Crippen molar-refractivity contribution in [3.05, 3.63) is 29.8 Å². The van der Waals surface area contributed by atoms with Crippen molar-refractivity contribution in [1.29, 1.82) is 0 Å². The molecule has 0 radical (unpaired) electrons. The maximum absolute atomic E-state index is 11.9. The maximum Gasteiger partial charge on any atom is 0.297 e. The molecule has 1 saturated carbocycles. The molecule has 1 fully saturated rings. The van der Waals surface area contributed by atoms with Gasteiger partial charge in [-0.3, -0.25) is 4.18 Å². The lowest BCUT2D eigenvalue weighted by molar-refractivity contribution is 0.217. The van der Waals surface area contributed by atoms with Gasteiger partial charge in [0.05, 0.1) is 11.0 Å². The largest absolute Gasteiger partial charge is 0.297 e. The SMILES string of the molecule is Cc1ccc(S(=O)(=O)OC2CCCC2)cc1. The summed E-state index contributed by atoms with van der Waals surface area (Å²) in [6.07, 6.45) is 3.71. The van der Waals surface area contributed by atoms with Gasteiger partial charge in [-0.2, -0.15) is 8.42 Å². The van der Waals surface area contributed by atoms with Crippen LogP contribution in [0.15, 0.2) is 29.2 Å². The average molecular weight is 240 g/mol.